The molecule has 0 radical (unpaired) electrons. The quantitative estimate of drug-likeness (QED) is 0.488. The Bertz CT molecular complexity index is 1390. The predicted octanol–water partition coefficient (Wildman–Crippen LogP) is 4.43. The van der Waals surface area contributed by atoms with Gasteiger partial charge in [-0.3, -0.25) is 14.5 Å². The standard InChI is InChI=1S/C31H38N4O3/c1-5-35(19-28-20(2)16-21(3)33-30(28)36)31(37)26-17-27(25-10-11-32-29(25)22(26)4)24-8-6-23(7-9-24)18-34-12-14-38-15-13-34/h6-9,16-17,32H,5,10-15,18-19H2,1-4H3,(H,33,36). The summed E-state index contributed by atoms with van der Waals surface area (Å²) in [5.74, 6) is -0.0499. The minimum atomic E-state index is -0.126. The van der Waals surface area contributed by atoms with Gasteiger partial charge in [-0.25, -0.2) is 0 Å². The second-order valence-corrected chi connectivity index (χ2v) is 10.5. The van der Waals surface area contributed by atoms with Crippen LogP contribution in [-0.4, -0.2) is 60.1 Å². The van der Waals surface area contributed by atoms with Crippen LogP contribution >= 0.6 is 0 Å². The molecule has 2 aliphatic rings. The molecule has 1 saturated heterocycles. The lowest BCUT2D eigenvalue weighted by atomic mass is 9.91. The average molecular weight is 515 g/mol. The molecule has 0 atom stereocenters. The summed E-state index contributed by atoms with van der Waals surface area (Å²) in [6.07, 6.45) is 0.935. The van der Waals surface area contributed by atoms with E-state index in [1.807, 2.05) is 33.8 Å². The fraction of sp³-hybridized carbons (Fsp3) is 0.419. The number of pyridine rings is 1. The van der Waals surface area contributed by atoms with Gasteiger partial charge in [0.15, 0.2) is 0 Å². The SMILES string of the molecule is CCN(Cc1c(C)cc(C)[nH]c1=O)C(=O)c1cc(-c2ccc(CN3CCOCC3)cc2)c2c(c1C)NCC2. The van der Waals surface area contributed by atoms with Gasteiger partial charge in [0, 0.05) is 55.2 Å². The summed E-state index contributed by atoms with van der Waals surface area (Å²) in [6.45, 7) is 13.9. The number of amides is 1. The van der Waals surface area contributed by atoms with Gasteiger partial charge < -0.3 is 19.9 Å². The number of nitrogens with zero attached hydrogens (tertiary/aromatic N) is 2. The van der Waals surface area contributed by atoms with E-state index in [1.165, 1.54) is 11.1 Å². The lowest BCUT2D eigenvalue weighted by Gasteiger charge is -2.26. The molecule has 1 aromatic heterocycles. The topological polar surface area (TPSA) is 77.7 Å². The van der Waals surface area contributed by atoms with Crippen molar-refractivity contribution < 1.29 is 9.53 Å². The van der Waals surface area contributed by atoms with E-state index in [0.717, 1.165) is 79.4 Å². The van der Waals surface area contributed by atoms with E-state index >= 15 is 0 Å². The third kappa shape index (κ3) is 5.26. The summed E-state index contributed by atoms with van der Waals surface area (Å²) in [6, 6.07) is 12.8. The largest absolute Gasteiger partial charge is 0.384 e. The van der Waals surface area contributed by atoms with Gasteiger partial charge in [-0.1, -0.05) is 24.3 Å². The number of aromatic amines is 1. The van der Waals surface area contributed by atoms with E-state index in [2.05, 4.69) is 45.5 Å². The predicted molar refractivity (Wildman–Crippen MR) is 152 cm³/mol. The van der Waals surface area contributed by atoms with Crippen LogP contribution in [0.25, 0.3) is 11.1 Å². The van der Waals surface area contributed by atoms with Gasteiger partial charge in [-0.2, -0.15) is 0 Å². The third-order valence-electron chi connectivity index (χ3n) is 7.89. The first-order chi connectivity index (χ1) is 18.4. The van der Waals surface area contributed by atoms with Crippen LogP contribution < -0.4 is 10.9 Å². The molecule has 3 aromatic rings. The Balaban J connectivity index is 1.45. The maximum Gasteiger partial charge on any atom is 0.254 e. The highest BCUT2D eigenvalue weighted by molar-refractivity contribution is 6.00. The number of benzene rings is 2. The second kappa shape index (κ2) is 11.1. The highest BCUT2D eigenvalue weighted by atomic mass is 16.5. The number of morpholine rings is 1. The Morgan fingerprint density at radius 2 is 1.82 bits per heavy atom. The van der Waals surface area contributed by atoms with Gasteiger partial charge in [0.05, 0.1) is 19.8 Å². The number of ether oxygens (including phenoxy) is 1. The average Bonchev–Trinajstić information content (AvgIpc) is 3.40. The first kappa shape index (κ1) is 26.2. The normalized spacial score (nSPS) is 15.3. The van der Waals surface area contributed by atoms with Crippen LogP contribution in [0.3, 0.4) is 0 Å². The number of carbonyl (C=O) groups is 1. The van der Waals surface area contributed by atoms with Crippen molar-refractivity contribution in [3.8, 4) is 11.1 Å². The van der Waals surface area contributed by atoms with Gasteiger partial charge in [-0.15, -0.1) is 0 Å². The maximum atomic E-state index is 13.9. The zero-order valence-corrected chi connectivity index (χ0v) is 22.9. The van der Waals surface area contributed by atoms with Crippen molar-refractivity contribution in [2.45, 2.75) is 47.2 Å². The lowest BCUT2D eigenvalue weighted by Crippen LogP contribution is -2.35. The van der Waals surface area contributed by atoms with E-state index in [9.17, 15) is 9.59 Å². The molecule has 0 spiro atoms. The van der Waals surface area contributed by atoms with E-state index in [0.29, 0.717) is 17.7 Å². The second-order valence-electron chi connectivity index (χ2n) is 10.5. The molecule has 3 heterocycles. The molecule has 1 amide bonds. The van der Waals surface area contributed by atoms with Gasteiger partial charge in [-0.05, 0) is 79.6 Å². The first-order valence-corrected chi connectivity index (χ1v) is 13.6. The van der Waals surface area contributed by atoms with Crippen LogP contribution in [0.4, 0.5) is 5.69 Å². The molecule has 1 fully saturated rings. The number of aromatic nitrogens is 1. The Morgan fingerprint density at radius 1 is 1.08 bits per heavy atom. The van der Waals surface area contributed by atoms with Crippen molar-refractivity contribution in [3.05, 3.63) is 85.8 Å². The molecule has 2 aromatic carbocycles. The Labute approximate surface area is 224 Å². The van der Waals surface area contributed by atoms with Crippen LogP contribution in [0, 0.1) is 20.8 Å². The van der Waals surface area contributed by atoms with Crippen LogP contribution in [0.2, 0.25) is 0 Å². The van der Waals surface area contributed by atoms with E-state index in [-0.39, 0.29) is 18.0 Å². The van der Waals surface area contributed by atoms with Crippen molar-refractivity contribution in [1.29, 1.82) is 0 Å². The number of fused-ring (bicyclic) bond motifs is 1. The van der Waals surface area contributed by atoms with Crippen LogP contribution in [0.5, 0.6) is 0 Å². The fourth-order valence-corrected chi connectivity index (χ4v) is 5.70. The molecule has 0 saturated carbocycles. The zero-order valence-electron chi connectivity index (χ0n) is 22.9. The van der Waals surface area contributed by atoms with E-state index in [1.54, 1.807) is 4.90 Å². The molecule has 0 unspecified atom stereocenters. The van der Waals surface area contributed by atoms with Crippen molar-refractivity contribution in [1.82, 2.24) is 14.8 Å². The number of aryl methyl sites for hydroxylation is 2. The minimum absolute atomic E-state index is 0.0499. The Hall–Kier alpha value is -3.42. The van der Waals surface area contributed by atoms with Crippen LogP contribution in [0.1, 0.15) is 50.8 Å². The number of anilines is 1. The molecular weight excluding hydrogens is 476 g/mol. The molecule has 2 N–H and O–H groups in total. The minimum Gasteiger partial charge on any atom is -0.384 e. The van der Waals surface area contributed by atoms with Gasteiger partial charge in [0.1, 0.15) is 0 Å². The fourth-order valence-electron chi connectivity index (χ4n) is 5.70. The van der Waals surface area contributed by atoms with Crippen molar-refractivity contribution in [2.75, 3.05) is 44.7 Å². The van der Waals surface area contributed by atoms with E-state index < -0.39 is 0 Å². The zero-order chi connectivity index (χ0) is 26.8. The molecule has 0 bridgehead atoms. The van der Waals surface area contributed by atoms with Crippen molar-refractivity contribution >= 4 is 11.6 Å². The number of hydrogen-bond donors (Lipinski definition) is 2. The first-order valence-electron chi connectivity index (χ1n) is 13.6. The summed E-state index contributed by atoms with van der Waals surface area (Å²) >= 11 is 0. The summed E-state index contributed by atoms with van der Waals surface area (Å²) < 4.78 is 5.48. The number of H-pyrrole nitrogens is 1. The monoisotopic (exact) mass is 514 g/mol. The summed E-state index contributed by atoms with van der Waals surface area (Å²) in [5, 5.41) is 3.53. The lowest BCUT2D eigenvalue weighted by molar-refractivity contribution is 0.0342. The van der Waals surface area contributed by atoms with E-state index in [4.69, 9.17) is 4.74 Å². The molecule has 0 aliphatic carbocycles. The van der Waals surface area contributed by atoms with Gasteiger partial charge in [0.2, 0.25) is 0 Å². The molecule has 5 rings (SSSR count). The Morgan fingerprint density at radius 3 is 2.50 bits per heavy atom. The van der Waals surface area contributed by atoms with Crippen molar-refractivity contribution in [3.63, 3.8) is 0 Å². The molecule has 200 valence electrons. The number of carbonyl (C=O) groups excluding carboxylic acids is 1. The number of rotatable bonds is 7. The highest BCUT2D eigenvalue weighted by Gasteiger charge is 2.26. The highest BCUT2D eigenvalue weighted by Crippen LogP contribution is 2.38. The molecule has 7 nitrogen and oxygen atoms in total. The molecular formula is C31H38N4O3. The molecule has 2 aliphatic heterocycles. The Kier molecular flexibility index (Phi) is 7.68. The van der Waals surface area contributed by atoms with Gasteiger partial charge >= 0.3 is 0 Å². The third-order valence-corrected chi connectivity index (χ3v) is 7.89. The van der Waals surface area contributed by atoms with Crippen LogP contribution in [-0.2, 0) is 24.2 Å². The summed E-state index contributed by atoms with van der Waals surface area (Å²) in [7, 11) is 0. The van der Waals surface area contributed by atoms with Gasteiger partial charge in [0.25, 0.3) is 11.5 Å². The summed E-state index contributed by atoms with van der Waals surface area (Å²) in [4.78, 5) is 33.7. The van der Waals surface area contributed by atoms with Crippen LogP contribution in [0.15, 0.2) is 41.2 Å². The molecule has 38 heavy (non-hydrogen) atoms. The number of hydrogen-bond acceptors (Lipinski definition) is 5. The maximum absolute atomic E-state index is 13.9. The molecule has 7 heteroatoms. The smallest absolute Gasteiger partial charge is 0.254 e. The summed E-state index contributed by atoms with van der Waals surface area (Å²) in [5.41, 5.74) is 9.77. The van der Waals surface area contributed by atoms with Crippen molar-refractivity contribution in [2.24, 2.45) is 0 Å². The number of nitrogens with one attached hydrogen (secondary N) is 2.